The molecule has 0 saturated heterocycles. The zero-order chi connectivity index (χ0) is 16.7. The van der Waals surface area contributed by atoms with Crippen molar-refractivity contribution in [3.8, 4) is 5.75 Å². The molecule has 0 heterocycles. The Morgan fingerprint density at radius 2 is 1.68 bits per heavy atom. The minimum atomic E-state index is -0.513. The molecule has 0 aliphatic heterocycles. The molecule has 1 rings (SSSR count). The molecule has 2 amide bonds. The summed E-state index contributed by atoms with van der Waals surface area (Å²) >= 11 is 0. The minimum absolute atomic E-state index is 0.0331. The quantitative estimate of drug-likeness (QED) is 0.812. The average molecular weight is 306 g/mol. The summed E-state index contributed by atoms with van der Waals surface area (Å²) in [5.74, 6) is 0.464. The summed E-state index contributed by atoms with van der Waals surface area (Å²) in [5.41, 5.74) is 0.981. The normalized spacial score (nSPS) is 12.1. The standard InChI is InChI=1S/C17H26N2O3/c1-11(2)16(19-13(5)20)17(21)18-10-14-6-8-15(9-7-14)22-12(3)4/h6-9,11-12,16H,10H2,1-5H3,(H,18,21)(H,19,20). The first-order chi connectivity index (χ1) is 10.3. The maximum atomic E-state index is 12.2. The van der Waals surface area contributed by atoms with Gasteiger partial charge in [0, 0.05) is 13.5 Å². The third-order valence-electron chi connectivity index (χ3n) is 3.07. The molecule has 0 aliphatic carbocycles. The lowest BCUT2D eigenvalue weighted by molar-refractivity contribution is -0.129. The van der Waals surface area contributed by atoms with E-state index in [-0.39, 0.29) is 23.8 Å². The Labute approximate surface area is 132 Å². The zero-order valence-corrected chi connectivity index (χ0v) is 14.0. The van der Waals surface area contributed by atoms with Crippen LogP contribution in [-0.2, 0) is 16.1 Å². The van der Waals surface area contributed by atoms with E-state index in [4.69, 9.17) is 4.74 Å². The van der Waals surface area contributed by atoms with Crippen LogP contribution >= 0.6 is 0 Å². The molecule has 1 unspecified atom stereocenters. The van der Waals surface area contributed by atoms with E-state index in [2.05, 4.69) is 10.6 Å². The summed E-state index contributed by atoms with van der Waals surface area (Å²) in [6.07, 6.45) is 0.134. The van der Waals surface area contributed by atoms with E-state index in [0.29, 0.717) is 6.54 Å². The number of hydrogen-bond donors (Lipinski definition) is 2. The Balaban J connectivity index is 2.57. The molecule has 1 aromatic rings. The van der Waals surface area contributed by atoms with Crippen molar-refractivity contribution in [2.24, 2.45) is 5.92 Å². The molecule has 0 spiro atoms. The largest absolute Gasteiger partial charge is 0.491 e. The third-order valence-corrected chi connectivity index (χ3v) is 3.07. The molecule has 0 saturated carbocycles. The van der Waals surface area contributed by atoms with Crippen molar-refractivity contribution in [2.45, 2.75) is 53.3 Å². The first kappa shape index (κ1) is 18.0. The van der Waals surface area contributed by atoms with Gasteiger partial charge < -0.3 is 15.4 Å². The molecule has 0 bridgehead atoms. The lowest BCUT2D eigenvalue weighted by Crippen LogP contribution is -2.48. The van der Waals surface area contributed by atoms with Crippen molar-refractivity contribution in [1.82, 2.24) is 10.6 Å². The van der Waals surface area contributed by atoms with Crippen molar-refractivity contribution in [3.63, 3.8) is 0 Å². The predicted octanol–water partition coefficient (Wildman–Crippen LogP) is 2.25. The Hall–Kier alpha value is -2.04. The van der Waals surface area contributed by atoms with E-state index in [9.17, 15) is 9.59 Å². The molecule has 2 N–H and O–H groups in total. The zero-order valence-electron chi connectivity index (χ0n) is 14.0. The van der Waals surface area contributed by atoms with Crippen molar-refractivity contribution < 1.29 is 14.3 Å². The van der Waals surface area contributed by atoms with Crippen LogP contribution in [0.3, 0.4) is 0 Å². The summed E-state index contributed by atoms with van der Waals surface area (Å²) in [6.45, 7) is 9.58. The molecule has 1 atom stereocenters. The van der Waals surface area contributed by atoms with E-state index >= 15 is 0 Å². The van der Waals surface area contributed by atoms with Crippen LogP contribution < -0.4 is 15.4 Å². The van der Waals surface area contributed by atoms with Gasteiger partial charge in [0.25, 0.3) is 0 Å². The highest BCUT2D eigenvalue weighted by atomic mass is 16.5. The molecule has 0 aromatic heterocycles. The highest BCUT2D eigenvalue weighted by molar-refractivity contribution is 5.87. The second-order valence-corrected chi connectivity index (χ2v) is 5.95. The number of rotatable bonds is 7. The van der Waals surface area contributed by atoms with Crippen LogP contribution in [0.25, 0.3) is 0 Å². The van der Waals surface area contributed by atoms with Crippen LogP contribution in [0, 0.1) is 5.92 Å². The van der Waals surface area contributed by atoms with Gasteiger partial charge in [0.1, 0.15) is 11.8 Å². The highest BCUT2D eigenvalue weighted by Gasteiger charge is 2.22. The van der Waals surface area contributed by atoms with Crippen LogP contribution in [0.4, 0.5) is 0 Å². The molecule has 22 heavy (non-hydrogen) atoms. The van der Waals surface area contributed by atoms with E-state index in [1.54, 1.807) is 0 Å². The summed E-state index contributed by atoms with van der Waals surface area (Å²) in [4.78, 5) is 23.3. The predicted molar refractivity (Wildman–Crippen MR) is 86.5 cm³/mol. The van der Waals surface area contributed by atoms with E-state index in [0.717, 1.165) is 11.3 Å². The minimum Gasteiger partial charge on any atom is -0.491 e. The average Bonchev–Trinajstić information content (AvgIpc) is 2.42. The van der Waals surface area contributed by atoms with Crippen molar-refractivity contribution in [1.29, 1.82) is 0 Å². The number of carbonyl (C=O) groups is 2. The molecule has 0 fully saturated rings. The molecule has 0 radical (unpaired) electrons. The summed E-state index contributed by atoms with van der Waals surface area (Å²) in [6, 6.07) is 7.09. The molecule has 122 valence electrons. The van der Waals surface area contributed by atoms with E-state index in [1.165, 1.54) is 6.92 Å². The van der Waals surface area contributed by atoms with Crippen LogP contribution in [0.1, 0.15) is 40.2 Å². The molecular formula is C17H26N2O3. The molecule has 5 nitrogen and oxygen atoms in total. The smallest absolute Gasteiger partial charge is 0.243 e. The lowest BCUT2D eigenvalue weighted by Gasteiger charge is -2.21. The number of amides is 2. The topological polar surface area (TPSA) is 67.4 Å². The Morgan fingerprint density at radius 3 is 2.14 bits per heavy atom. The monoisotopic (exact) mass is 306 g/mol. The maximum absolute atomic E-state index is 12.2. The van der Waals surface area contributed by atoms with Crippen molar-refractivity contribution >= 4 is 11.8 Å². The van der Waals surface area contributed by atoms with E-state index < -0.39 is 6.04 Å². The number of hydrogen-bond acceptors (Lipinski definition) is 3. The lowest BCUT2D eigenvalue weighted by atomic mass is 10.0. The van der Waals surface area contributed by atoms with Gasteiger partial charge in [-0.05, 0) is 37.5 Å². The third kappa shape index (κ3) is 6.16. The van der Waals surface area contributed by atoms with Crippen LogP contribution in [-0.4, -0.2) is 24.0 Å². The van der Waals surface area contributed by atoms with E-state index in [1.807, 2.05) is 52.0 Å². The van der Waals surface area contributed by atoms with Crippen molar-refractivity contribution in [2.75, 3.05) is 0 Å². The number of ether oxygens (including phenoxy) is 1. The highest BCUT2D eigenvalue weighted by Crippen LogP contribution is 2.13. The van der Waals surface area contributed by atoms with Gasteiger partial charge in [0.2, 0.25) is 11.8 Å². The van der Waals surface area contributed by atoms with Gasteiger partial charge in [-0.25, -0.2) is 0 Å². The molecule has 1 aromatic carbocycles. The number of benzene rings is 1. The first-order valence-electron chi connectivity index (χ1n) is 7.60. The van der Waals surface area contributed by atoms with Gasteiger partial charge in [0.05, 0.1) is 6.10 Å². The number of carbonyl (C=O) groups excluding carboxylic acids is 2. The Kier molecular flexibility index (Phi) is 6.89. The second kappa shape index (κ2) is 8.41. The fraction of sp³-hybridized carbons (Fsp3) is 0.529. The number of nitrogens with one attached hydrogen (secondary N) is 2. The second-order valence-electron chi connectivity index (χ2n) is 5.95. The Bertz CT molecular complexity index is 495. The van der Waals surface area contributed by atoms with Gasteiger partial charge >= 0.3 is 0 Å². The summed E-state index contributed by atoms with van der Waals surface area (Å²) in [7, 11) is 0. The van der Waals surface area contributed by atoms with Crippen LogP contribution in [0.2, 0.25) is 0 Å². The van der Waals surface area contributed by atoms with Crippen LogP contribution in [0.15, 0.2) is 24.3 Å². The maximum Gasteiger partial charge on any atom is 0.243 e. The first-order valence-corrected chi connectivity index (χ1v) is 7.60. The van der Waals surface area contributed by atoms with Gasteiger partial charge in [-0.3, -0.25) is 9.59 Å². The van der Waals surface area contributed by atoms with Gasteiger partial charge in [0.15, 0.2) is 0 Å². The molecule has 0 aliphatic rings. The SMILES string of the molecule is CC(=O)NC(C(=O)NCc1ccc(OC(C)C)cc1)C(C)C. The van der Waals surface area contributed by atoms with Crippen LogP contribution in [0.5, 0.6) is 5.75 Å². The fourth-order valence-electron chi connectivity index (χ4n) is 2.01. The Morgan fingerprint density at radius 1 is 1.09 bits per heavy atom. The summed E-state index contributed by atoms with van der Waals surface area (Å²) in [5, 5.41) is 5.53. The molecule has 5 heteroatoms. The summed E-state index contributed by atoms with van der Waals surface area (Å²) < 4.78 is 5.57. The van der Waals surface area contributed by atoms with Gasteiger partial charge in [-0.1, -0.05) is 26.0 Å². The van der Waals surface area contributed by atoms with Gasteiger partial charge in [-0.15, -0.1) is 0 Å². The van der Waals surface area contributed by atoms with Gasteiger partial charge in [-0.2, -0.15) is 0 Å². The van der Waals surface area contributed by atoms with Crippen molar-refractivity contribution in [3.05, 3.63) is 29.8 Å². The fourth-order valence-corrected chi connectivity index (χ4v) is 2.01. The molecular weight excluding hydrogens is 280 g/mol.